The molecule has 0 spiro atoms. The molecule has 0 fully saturated rings. The molecule has 180 valence electrons. The highest BCUT2D eigenvalue weighted by atomic mass is 16.6. The van der Waals surface area contributed by atoms with E-state index in [-0.39, 0.29) is 26.2 Å². The van der Waals surface area contributed by atoms with Gasteiger partial charge in [0.2, 0.25) is 0 Å². The van der Waals surface area contributed by atoms with Crippen molar-refractivity contribution in [3.63, 3.8) is 0 Å². The van der Waals surface area contributed by atoms with Gasteiger partial charge in [-0.2, -0.15) is 0 Å². The van der Waals surface area contributed by atoms with Gasteiger partial charge in [0.05, 0.1) is 6.54 Å². The summed E-state index contributed by atoms with van der Waals surface area (Å²) in [5, 5.41) is 5.33. The zero-order chi connectivity index (χ0) is 24.2. The molecule has 1 aromatic carbocycles. The molecule has 0 radical (unpaired) electrons. The van der Waals surface area contributed by atoms with Gasteiger partial charge in [-0.05, 0) is 47.1 Å². The van der Waals surface area contributed by atoms with Gasteiger partial charge in [-0.15, -0.1) is 0 Å². The first kappa shape index (κ1) is 27.2. The van der Waals surface area contributed by atoms with Crippen LogP contribution in [0.25, 0.3) is 0 Å². The molecule has 0 atom stereocenters. The summed E-state index contributed by atoms with van der Waals surface area (Å²) < 4.78 is 15.8. The number of esters is 1. The summed E-state index contributed by atoms with van der Waals surface area (Å²) in [5.41, 5.74) is -0.296. The lowest BCUT2D eigenvalue weighted by molar-refractivity contribution is -0.146. The van der Waals surface area contributed by atoms with Crippen molar-refractivity contribution >= 4 is 18.2 Å². The van der Waals surface area contributed by atoms with Gasteiger partial charge in [-0.3, -0.25) is 9.69 Å². The topological polar surface area (TPSA) is 106 Å². The van der Waals surface area contributed by atoms with Gasteiger partial charge >= 0.3 is 18.2 Å². The predicted octanol–water partition coefficient (Wildman–Crippen LogP) is 3.08. The molecule has 0 aliphatic carbocycles. The van der Waals surface area contributed by atoms with E-state index in [4.69, 9.17) is 14.2 Å². The summed E-state index contributed by atoms with van der Waals surface area (Å²) in [6, 6.07) is 9.39. The van der Waals surface area contributed by atoms with Crippen LogP contribution in [0.5, 0.6) is 0 Å². The minimum absolute atomic E-state index is 0.0127. The van der Waals surface area contributed by atoms with Gasteiger partial charge < -0.3 is 24.8 Å². The van der Waals surface area contributed by atoms with Crippen LogP contribution in [0.1, 0.15) is 47.1 Å². The Hall–Kier alpha value is -2.81. The molecule has 0 aliphatic rings. The van der Waals surface area contributed by atoms with E-state index in [0.717, 1.165) is 5.56 Å². The Kier molecular flexibility index (Phi) is 11.0. The molecule has 0 heterocycles. The van der Waals surface area contributed by atoms with Crippen molar-refractivity contribution in [1.29, 1.82) is 0 Å². The van der Waals surface area contributed by atoms with Crippen molar-refractivity contribution in [2.24, 2.45) is 0 Å². The number of nitrogens with zero attached hydrogens (tertiary/aromatic N) is 1. The van der Waals surface area contributed by atoms with Gasteiger partial charge in [0.25, 0.3) is 0 Å². The van der Waals surface area contributed by atoms with Crippen molar-refractivity contribution in [2.45, 2.75) is 59.4 Å². The molecule has 9 heteroatoms. The lowest BCUT2D eigenvalue weighted by Gasteiger charge is -2.24. The first-order valence-electron chi connectivity index (χ1n) is 10.7. The zero-order valence-electron chi connectivity index (χ0n) is 20.0. The second kappa shape index (κ2) is 12.9. The number of hydrogen-bond donors (Lipinski definition) is 2. The lowest BCUT2D eigenvalue weighted by atomic mass is 10.2. The number of alkyl carbamates (subject to hydrolysis) is 2. The van der Waals surface area contributed by atoms with Crippen LogP contribution < -0.4 is 10.6 Å². The largest absolute Gasteiger partial charge is 0.460 e. The van der Waals surface area contributed by atoms with Gasteiger partial charge in [0, 0.05) is 26.2 Å². The number of carbonyl (C=O) groups is 3. The quantitative estimate of drug-likeness (QED) is 0.416. The molecular weight excluding hydrogens is 414 g/mol. The summed E-state index contributed by atoms with van der Waals surface area (Å²) >= 11 is 0. The Labute approximate surface area is 190 Å². The fourth-order valence-electron chi connectivity index (χ4n) is 2.50. The van der Waals surface area contributed by atoms with Gasteiger partial charge in [0.15, 0.2) is 0 Å². The fraction of sp³-hybridized carbons (Fsp3) is 0.609. The van der Waals surface area contributed by atoms with E-state index in [1.165, 1.54) is 0 Å². The highest BCUT2D eigenvalue weighted by molar-refractivity contribution is 5.72. The van der Waals surface area contributed by atoms with E-state index in [1.807, 2.05) is 30.3 Å². The number of rotatable bonds is 10. The average Bonchev–Trinajstić information content (AvgIpc) is 2.64. The summed E-state index contributed by atoms with van der Waals surface area (Å²) in [6.45, 7) is 12.2. The number of nitrogens with one attached hydrogen (secondary N) is 2. The van der Waals surface area contributed by atoms with Crippen molar-refractivity contribution < 1.29 is 28.6 Å². The molecule has 0 bridgehead atoms. The molecule has 0 aliphatic heterocycles. The van der Waals surface area contributed by atoms with Crippen LogP contribution >= 0.6 is 0 Å². The lowest BCUT2D eigenvalue weighted by Crippen LogP contribution is -2.43. The highest BCUT2D eigenvalue weighted by Gasteiger charge is 2.18. The van der Waals surface area contributed by atoms with Crippen molar-refractivity contribution in [1.82, 2.24) is 15.5 Å². The van der Waals surface area contributed by atoms with E-state index >= 15 is 0 Å². The summed E-state index contributed by atoms with van der Waals surface area (Å²) in [5.74, 6) is -0.400. The van der Waals surface area contributed by atoms with Crippen molar-refractivity contribution in [3.8, 4) is 0 Å². The molecular formula is C23H37N3O6. The van der Waals surface area contributed by atoms with Crippen molar-refractivity contribution in [2.75, 3.05) is 32.7 Å². The van der Waals surface area contributed by atoms with E-state index in [0.29, 0.717) is 13.1 Å². The Morgan fingerprint density at radius 3 is 1.72 bits per heavy atom. The molecule has 2 N–H and O–H groups in total. The molecule has 0 aromatic heterocycles. The van der Waals surface area contributed by atoms with E-state index in [2.05, 4.69) is 10.6 Å². The third kappa shape index (κ3) is 14.2. The third-order valence-electron chi connectivity index (χ3n) is 3.79. The molecule has 2 amide bonds. The normalized spacial score (nSPS) is 11.6. The summed E-state index contributed by atoms with van der Waals surface area (Å²) in [6.07, 6.45) is -1.06. The maximum absolute atomic E-state index is 12.3. The molecule has 1 rings (SSSR count). The molecule has 9 nitrogen and oxygen atoms in total. The van der Waals surface area contributed by atoms with Crippen LogP contribution in [0.15, 0.2) is 30.3 Å². The minimum Gasteiger partial charge on any atom is -0.460 e. The minimum atomic E-state index is -0.595. The number of carbonyl (C=O) groups excluding carboxylic acids is 3. The Bertz CT molecular complexity index is 691. The molecule has 0 saturated heterocycles. The number of benzene rings is 1. The first-order valence-corrected chi connectivity index (χ1v) is 10.7. The first-order chi connectivity index (χ1) is 14.8. The second-order valence-corrected chi connectivity index (χ2v) is 9.28. The summed E-state index contributed by atoms with van der Waals surface area (Å²) in [4.78, 5) is 37.8. The van der Waals surface area contributed by atoms with Gasteiger partial charge in [-0.1, -0.05) is 30.3 Å². The van der Waals surface area contributed by atoms with Crippen LogP contribution in [-0.2, 0) is 25.6 Å². The SMILES string of the molecule is CC(C)(C)OC(=O)NCCN(CCNC(=O)OC(C)(C)C)CC(=O)OCc1ccccc1. The fourth-order valence-corrected chi connectivity index (χ4v) is 2.50. The van der Waals surface area contributed by atoms with Crippen molar-refractivity contribution in [3.05, 3.63) is 35.9 Å². The Balaban J connectivity index is 2.53. The maximum atomic E-state index is 12.3. The van der Waals surface area contributed by atoms with E-state index in [9.17, 15) is 14.4 Å². The van der Waals surface area contributed by atoms with Gasteiger partial charge in [-0.25, -0.2) is 9.59 Å². The van der Waals surface area contributed by atoms with Gasteiger partial charge in [0.1, 0.15) is 17.8 Å². The van der Waals surface area contributed by atoms with E-state index in [1.54, 1.807) is 46.4 Å². The standard InChI is InChI=1S/C23H37N3O6/c1-22(2,3)31-20(28)24-12-14-26(15-13-25-21(29)32-23(4,5)6)16-19(27)30-17-18-10-8-7-9-11-18/h7-11H,12-17H2,1-6H3,(H,24,28)(H,25,29). The van der Waals surface area contributed by atoms with Crippen LogP contribution in [0.4, 0.5) is 9.59 Å². The molecule has 0 unspecified atom stereocenters. The smallest absolute Gasteiger partial charge is 0.407 e. The van der Waals surface area contributed by atoms with Crippen LogP contribution in [-0.4, -0.2) is 67.0 Å². The highest BCUT2D eigenvalue weighted by Crippen LogP contribution is 2.07. The summed E-state index contributed by atoms with van der Waals surface area (Å²) in [7, 11) is 0. The maximum Gasteiger partial charge on any atom is 0.407 e. The number of ether oxygens (including phenoxy) is 3. The zero-order valence-corrected chi connectivity index (χ0v) is 20.0. The third-order valence-corrected chi connectivity index (χ3v) is 3.79. The molecule has 32 heavy (non-hydrogen) atoms. The van der Waals surface area contributed by atoms with Crippen LogP contribution in [0.2, 0.25) is 0 Å². The molecule has 0 saturated carbocycles. The molecule has 1 aromatic rings. The van der Waals surface area contributed by atoms with E-state index < -0.39 is 29.4 Å². The monoisotopic (exact) mass is 451 g/mol. The van der Waals surface area contributed by atoms with Crippen LogP contribution in [0.3, 0.4) is 0 Å². The number of amides is 2. The van der Waals surface area contributed by atoms with Crippen LogP contribution in [0, 0.1) is 0 Å². The predicted molar refractivity (Wildman–Crippen MR) is 121 cm³/mol. The average molecular weight is 452 g/mol. The second-order valence-electron chi connectivity index (χ2n) is 9.28. The Morgan fingerprint density at radius 1 is 0.812 bits per heavy atom. The number of hydrogen-bond acceptors (Lipinski definition) is 7. The Morgan fingerprint density at radius 2 is 1.28 bits per heavy atom.